The fourth-order valence-electron chi connectivity index (χ4n) is 2.41. The van der Waals surface area contributed by atoms with Crippen molar-refractivity contribution in [3.63, 3.8) is 0 Å². The normalized spacial score (nSPS) is 14.3. The van der Waals surface area contributed by atoms with Crippen molar-refractivity contribution < 1.29 is 0 Å². The van der Waals surface area contributed by atoms with Crippen LogP contribution in [0, 0.1) is 0 Å². The van der Waals surface area contributed by atoms with Crippen molar-refractivity contribution in [3.05, 3.63) is 54.4 Å². The summed E-state index contributed by atoms with van der Waals surface area (Å²) in [5.74, 6) is 0.841. The number of alkyl halides is 1. The Labute approximate surface area is 122 Å². The molecule has 2 atom stereocenters. The van der Waals surface area contributed by atoms with Gasteiger partial charge in [-0.25, -0.2) is 4.98 Å². The highest BCUT2D eigenvalue weighted by atomic mass is 35.5. The standard InChI is InChI=1S/C15H15ClN4/c1-10(16)15-19-13-9-17-8-6-14(13)20(15)11(2)12-5-3-4-7-18-12/h3-11H,1-2H3. The minimum atomic E-state index is -0.173. The van der Waals surface area contributed by atoms with Crippen LogP contribution in [0.5, 0.6) is 0 Å². The third-order valence-corrected chi connectivity index (χ3v) is 3.57. The second-order valence-electron chi connectivity index (χ2n) is 4.75. The Morgan fingerprint density at radius 3 is 2.70 bits per heavy atom. The van der Waals surface area contributed by atoms with E-state index in [2.05, 4.69) is 26.4 Å². The Morgan fingerprint density at radius 1 is 1.15 bits per heavy atom. The van der Waals surface area contributed by atoms with Gasteiger partial charge < -0.3 is 4.57 Å². The minimum Gasteiger partial charge on any atom is -0.318 e. The van der Waals surface area contributed by atoms with Gasteiger partial charge in [0.1, 0.15) is 11.3 Å². The van der Waals surface area contributed by atoms with Crippen LogP contribution in [0.15, 0.2) is 42.9 Å². The second-order valence-corrected chi connectivity index (χ2v) is 5.41. The number of pyridine rings is 2. The molecule has 3 aromatic rings. The van der Waals surface area contributed by atoms with Gasteiger partial charge in [0, 0.05) is 12.4 Å². The first-order valence-corrected chi connectivity index (χ1v) is 6.99. The predicted octanol–water partition coefficient (Wildman–Crippen LogP) is 3.74. The molecule has 0 bridgehead atoms. The van der Waals surface area contributed by atoms with Crippen LogP contribution in [0.2, 0.25) is 0 Å². The zero-order chi connectivity index (χ0) is 14.1. The highest BCUT2D eigenvalue weighted by Crippen LogP contribution is 2.29. The fourth-order valence-corrected chi connectivity index (χ4v) is 2.57. The van der Waals surface area contributed by atoms with Gasteiger partial charge in [0.15, 0.2) is 0 Å². The number of rotatable bonds is 3. The predicted molar refractivity (Wildman–Crippen MR) is 79.8 cm³/mol. The van der Waals surface area contributed by atoms with E-state index in [1.807, 2.05) is 31.2 Å². The van der Waals surface area contributed by atoms with E-state index in [1.165, 1.54) is 0 Å². The van der Waals surface area contributed by atoms with Crippen LogP contribution in [0.25, 0.3) is 11.0 Å². The summed E-state index contributed by atoms with van der Waals surface area (Å²) in [7, 11) is 0. The molecule has 0 amide bonds. The number of halogens is 1. The lowest BCUT2D eigenvalue weighted by Crippen LogP contribution is -2.12. The summed E-state index contributed by atoms with van der Waals surface area (Å²) in [4.78, 5) is 13.2. The van der Waals surface area contributed by atoms with Crippen molar-refractivity contribution in [2.24, 2.45) is 0 Å². The molecule has 0 spiro atoms. The van der Waals surface area contributed by atoms with Gasteiger partial charge in [-0.05, 0) is 32.0 Å². The summed E-state index contributed by atoms with van der Waals surface area (Å²) in [6.45, 7) is 4.03. The first-order chi connectivity index (χ1) is 9.68. The van der Waals surface area contributed by atoms with Crippen molar-refractivity contribution in [3.8, 4) is 0 Å². The van der Waals surface area contributed by atoms with Crippen LogP contribution < -0.4 is 0 Å². The Bertz CT molecular complexity index is 721. The molecule has 0 radical (unpaired) electrons. The average molecular weight is 287 g/mol. The van der Waals surface area contributed by atoms with Crippen LogP contribution in [-0.2, 0) is 0 Å². The summed E-state index contributed by atoms with van der Waals surface area (Å²) >= 11 is 6.29. The van der Waals surface area contributed by atoms with E-state index in [1.54, 1.807) is 18.6 Å². The maximum Gasteiger partial charge on any atom is 0.128 e. The molecule has 0 aliphatic carbocycles. The molecule has 5 heteroatoms. The van der Waals surface area contributed by atoms with E-state index in [9.17, 15) is 0 Å². The van der Waals surface area contributed by atoms with Crippen LogP contribution in [0.1, 0.15) is 36.8 Å². The molecule has 0 saturated carbocycles. The van der Waals surface area contributed by atoms with Gasteiger partial charge in [-0.1, -0.05) is 6.07 Å². The molecule has 0 saturated heterocycles. The lowest BCUT2D eigenvalue weighted by atomic mass is 10.2. The fraction of sp³-hybridized carbons (Fsp3) is 0.267. The van der Waals surface area contributed by atoms with Crippen LogP contribution in [-0.4, -0.2) is 19.5 Å². The molecule has 3 heterocycles. The Kier molecular flexibility index (Phi) is 3.40. The maximum atomic E-state index is 6.29. The Morgan fingerprint density at radius 2 is 2.00 bits per heavy atom. The van der Waals surface area contributed by atoms with E-state index in [4.69, 9.17) is 11.6 Å². The van der Waals surface area contributed by atoms with Crippen LogP contribution in [0.4, 0.5) is 0 Å². The van der Waals surface area contributed by atoms with Gasteiger partial charge >= 0.3 is 0 Å². The quantitative estimate of drug-likeness (QED) is 0.689. The molecule has 0 aliphatic rings. The van der Waals surface area contributed by atoms with Crippen LogP contribution in [0.3, 0.4) is 0 Å². The molecular weight excluding hydrogens is 272 g/mol. The summed E-state index contributed by atoms with van der Waals surface area (Å²) in [5, 5.41) is -0.173. The summed E-state index contributed by atoms with van der Waals surface area (Å²) < 4.78 is 2.14. The van der Waals surface area contributed by atoms with Crippen LogP contribution >= 0.6 is 11.6 Å². The van der Waals surface area contributed by atoms with Crippen molar-refractivity contribution in [2.45, 2.75) is 25.3 Å². The summed E-state index contributed by atoms with van der Waals surface area (Å²) in [6.07, 6.45) is 5.34. The van der Waals surface area contributed by atoms with Crippen molar-refractivity contribution in [2.75, 3.05) is 0 Å². The molecule has 0 fully saturated rings. The zero-order valence-electron chi connectivity index (χ0n) is 11.4. The molecule has 0 N–H and O–H groups in total. The largest absolute Gasteiger partial charge is 0.318 e. The molecular formula is C15H15ClN4. The molecule has 0 aromatic carbocycles. The van der Waals surface area contributed by atoms with E-state index in [-0.39, 0.29) is 11.4 Å². The molecule has 3 aromatic heterocycles. The molecule has 0 aliphatic heterocycles. The summed E-state index contributed by atoms with van der Waals surface area (Å²) in [5.41, 5.74) is 2.88. The molecule has 102 valence electrons. The lowest BCUT2D eigenvalue weighted by molar-refractivity contribution is 0.603. The number of fused-ring (bicyclic) bond motifs is 1. The number of hydrogen-bond acceptors (Lipinski definition) is 3. The number of aromatic nitrogens is 4. The van der Waals surface area contributed by atoms with E-state index >= 15 is 0 Å². The summed E-state index contributed by atoms with van der Waals surface area (Å²) in [6, 6.07) is 7.95. The Hall–Kier alpha value is -1.94. The average Bonchev–Trinajstić information content (AvgIpc) is 2.87. The van der Waals surface area contributed by atoms with Gasteiger partial charge in [0.25, 0.3) is 0 Å². The zero-order valence-corrected chi connectivity index (χ0v) is 12.1. The van der Waals surface area contributed by atoms with Crippen molar-refractivity contribution in [1.82, 2.24) is 19.5 Å². The lowest BCUT2D eigenvalue weighted by Gasteiger charge is -2.18. The third-order valence-electron chi connectivity index (χ3n) is 3.38. The van der Waals surface area contributed by atoms with E-state index < -0.39 is 0 Å². The molecule has 4 nitrogen and oxygen atoms in total. The minimum absolute atomic E-state index is 0.0693. The SMILES string of the molecule is CC(Cl)c1nc2cnccc2n1C(C)c1ccccn1. The number of imidazole rings is 1. The smallest absolute Gasteiger partial charge is 0.128 e. The monoisotopic (exact) mass is 286 g/mol. The van der Waals surface area contributed by atoms with Gasteiger partial charge in [-0.15, -0.1) is 11.6 Å². The van der Waals surface area contributed by atoms with E-state index in [0.29, 0.717) is 0 Å². The van der Waals surface area contributed by atoms with Gasteiger partial charge in [0.05, 0.1) is 28.8 Å². The van der Waals surface area contributed by atoms with Crippen molar-refractivity contribution in [1.29, 1.82) is 0 Å². The van der Waals surface area contributed by atoms with Crippen molar-refractivity contribution >= 4 is 22.6 Å². The highest BCUT2D eigenvalue weighted by Gasteiger charge is 2.20. The molecule has 20 heavy (non-hydrogen) atoms. The first-order valence-electron chi connectivity index (χ1n) is 6.55. The molecule has 2 unspecified atom stereocenters. The highest BCUT2D eigenvalue weighted by molar-refractivity contribution is 6.20. The second kappa shape index (κ2) is 5.21. The topological polar surface area (TPSA) is 43.6 Å². The first kappa shape index (κ1) is 13.1. The number of nitrogens with zero attached hydrogens (tertiary/aromatic N) is 4. The Balaban J connectivity index is 2.21. The maximum absolute atomic E-state index is 6.29. The number of hydrogen-bond donors (Lipinski definition) is 0. The third kappa shape index (κ3) is 2.16. The van der Waals surface area contributed by atoms with Gasteiger partial charge in [-0.2, -0.15) is 0 Å². The molecule has 3 rings (SSSR count). The van der Waals surface area contributed by atoms with Gasteiger partial charge in [-0.3, -0.25) is 9.97 Å². The van der Waals surface area contributed by atoms with E-state index in [0.717, 1.165) is 22.6 Å². The van der Waals surface area contributed by atoms with Gasteiger partial charge in [0.2, 0.25) is 0 Å².